The number of hydrogen-bond acceptors (Lipinski definition) is 6. The van der Waals surface area contributed by atoms with E-state index in [1.54, 1.807) is 0 Å². The molecule has 7 heteroatoms. The third kappa shape index (κ3) is 4.41. The number of carbonyl (C=O) groups is 1. The van der Waals surface area contributed by atoms with Crippen LogP contribution in [0.25, 0.3) is 0 Å². The largest absolute Gasteiger partial charge is 0.481 e. The van der Waals surface area contributed by atoms with Crippen LogP contribution in [-0.2, 0) is 9.53 Å². The van der Waals surface area contributed by atoms with E-state index in [0.717, 1.165) is 64.2 Å². The second-order valence-electron chi connectivity index (χ2n) is 18.3. The van der Waals surface area contributed by atoms with E-state index in [1.807, 2.05) is 0 Å². The van der Waals surface area contributed by atoms with E-state index in [9.17, 15) is 30.3 Å². The summed E-state index contributed by atoms with van der Waals surface area (Å²) in [4.78, 5) is 12.9. The second-order valence-corrected chi connectivity index (χ2v) is 18.3. The molecule has 5 aliphatic carbocycles. The molecule has 0 amide bonds. The molecule has 13 atom stereocenters. The highest BCUT2D eigenvalue weighted by atomic mass is 16.5. The van der Waals surface area contributed by atoms with Gasteiger partial charge in [0.05, 0.1) is 18.1 Å². The summed E-state index contributed by atoms with van der Waals surface area (Å²) in [6.07, 6.45) is 7.70. The minimum absolute atomic E-state index is 0.00173. The van der Waals surface area contributed by atoms with Crippen molar-refractivity contribution in [2.75, 3.05) is 6.61 Å². The molecule has 5 fully saturated rings. The predicted octanol–water partition coefficient (Wildman–Crippen LogP) is 5.72. The molecule has 1 saturated heterocycles. The second kappa shape index (κ2) is 10.5. The summed E-state index contributed by atoms with van der Waals surface area (Å²) >= 11 is 0. The van der Waals surface area contributed by atoms with Gasteiger partial charge in [0, 0.05) is 0 Å². The minimum Gasteiger partial charge on any atom is -0.481 e. The molecule has 6 aliphatic rings. The summed E-state index contributed by atoms with van der Waals surface area (Å²) in [6, 6.07) is 0. The van der Waals surface area contributed by atoms with Gasteiger partial charge in [-0.25, -0.2) is 0 Å². The average molecular weight is 617 g/mol. The van der Waals surface area contributed by atoms with Crippen LogP contribution in [0.5, 0.6) is 0 Å². The van der Waals surface area contributed by atoms with Gasteiger partial charge in [-0.1, -0.05) is 60.1 Å². The number of hydrogen-bond donors (Lipinski definition) is 5. The number of aliphatic hydroxyl groups excluding tert-OH is 4. The van der Waals surface area contributed by atoms with E-state index < -0.39 is 48.5 Å². The first-order valence-corrected chi connectivity index (χ1v) is 17.6. The molecule has 44 heavy (non-hydrogen) atoms. The van der Waals surface area contributed by atoms with Gasteiger partial charge in [0.15, 0.2) is 0 Å². The lowest BCUT2D eigenvalue weighted by Crippen LogP contribution is -2.65. The Hall–Kier alpha value is -0.990. The Labute approximate surface area is 264 Å². The zero-order valence-corrected chi connectivity index (χ0v) is 28.3. The van der Waals surface area contributed by atoms with Crippen molar-refractivity contribution >= 4 is 5.97 Å². The fourth-order valence-corrected chi connectivity index (χ4v) is 12.8. The first-order chi connectivity index (χ1) is 20.4. The molecule has 250 valence electrons. The van der Waals surface area contributed by atoms with Crippen molar-refractivity contribution in [2.24, 2.45) is 56.2 Å². The molecule has 0 aromatic heterocycles. The Balaban J connectivity index is 1.29. The molecule has 1 aliphatic heterocycles. The van der Waals surface area contributed by atoms with Gasteiger partial charge >= 0.3 is 5.97 Å². The highest BCUT2D eigenvalue weighted by Gasteiger charge is 2.69. The van der Waals surface area contributed by atoms with Crippen molar-refractivity contribution in [3.05, 3.63) is 11.6 Å². The number of fused-ring (bicyclic) bond motifs is 7. The van der Waals surface area contributed by atoms with Gasteiger partial charge < -0.3 is 30.3 Å². The molecular weight excluding hydrogens is 556 g/mol. The van der Waals surface area contributed by atoms with Gasteiger partial charge in [-0.15, -0.1) is 0 Å². The number of carboxylic acid groups (broad SMARTS) is 1. The molecule has 1 heterocycles. The summed E-state index contributed by atoms with van der Waals surface area (Å²) in [6.45, 7) is 16.6. The maximum atomic E-state index is 12.9. The van der Waals surface area contributed by atoms with Crippen LogP contribution in [0.3, 0.4) is 0 Å². The quantitative estimate of drug-likeness (QED) is 0.256. The molecule has 0 aromatic carbocycles. The summed E-state index contributed by atoms with van der Waals surface area (Å²) in [7, 11) is 0. The smallest absolute Gasteiger partial charge is 0.310 e. The van der Waals surface area contributed by atoms with Gasteiger partial charge in [-0.05, 0) is 121 Å². The van der Waals surface area contributed by atoms with Gasteiger partial charge in [0.2, 0.25) is 0 Å². The molecule has 4 saturated carbocycles. The molecule has 0 aromatic rings. The summed E-state index contributed by atoms with van der Waals surface area (Å²) < 4.78 is 5.99. The van der Waals surface area contributed by atoms with Crippen molar-refractivity contribution in [3.8, 4) is 0 Å². The maximum absolute atomic E-state index is 12.9. The fourth-order valence-electron chi connectivity index (χ4n) is 12.8. The molecule has 7 nitrogen and oxygen atoms in total. The lowest BCUT2D eigenvalue weighted by molar-refractivity contribution is -0.241. The SMILES string of the molecule is CC1(C)CC[C@]2(C(=O)O)CC[C@]3(C)C(=CCC4[C@@]5(C)CC[C@@H](C[C@@H]6OC(CO)[C@H](O)[C@H](O)C6O)C(C)(C)C5CC[C@]43C)C2C1. The number of rotatable bonds is 4. The Morgan fingerprint density at radius 1 is 0.841 bits per heavy atom. The van der Waals surface area contributed by atoms with Crippen molar-refractivity contribution in [2.45, 2.75) is 150 Å². The summed E-state index contributed by atoms with van der Waals surface area (Å²) in [5.41, 5.74) is 1.24. The zero-order valence-electron chi connectivity index (χ0n) is 28.3. The van der Waals surface area contributed by atoms with Crippen LogP contribution < -0.4 is 0 Å². The van der Waals surface area contributed by atoms with Gasteiger partial charge in [0.25, 0.3) is 0 Å². The van der Waals surface area contributed by atoms with Crippen LogP contribution in [0, 0.1) is 56.2 Å². The third-order valence-electron chi connectivity index (χ3n) is 15.8. The predicted molar refractivity (Wildman–Crippen MR) is 169 cm³/mol. The van der Waals surface area contributed by atoms with Crippen molar-refractivity contribution in [3.63, 3.8) is 0 Å². The van der Waals surface area contributed by atoms with Crippen LogP contribution in [0.4, 0.5) is 0 Å². The van der Waals surface area contributed by atoms with Crippen LogP contribution in [0.1, 0.15) is 119 Å². The molecule has 5 unspecified atom stereocenters. The zero-order chi connectivity index (χ0) is 32.3. The number of allylic oxidation sites excluding steroid dienone is 2. The Morgan fingerprint density at radius 3 is 2.16 bits per heavy atom. The van der Waals surface area contributed by atoms with E-state index in [1.165, 1.54) is 5.57 Å². The van der Waals surface area contributed by atoms with Crippen molar-refractivity contribution in [1.29, 1.82) is 0 Å². The standard InChI is InChI=1S/C37H60O7/c1-32(2)14-16-37(31(42)43)17-15-35(6)22(23(37)19-32)8-9-27-34(5)12-10-21(33(3,4)26(34)11-13-36(27,35)7)18-24-28(39)30(41)29(40)25(20-38)44-24/h8,21,23-30,38-41H,9-20H2,1-7H3,(H,42,43)/t21-,23?,24-,25?,26?,27?,28?,29-,30+,34-,35+,36+,37-/m0/s1. The van der Waals surface area contributed by atoms with Gasteiger partial charge in [-0.2, -0.15) is 0 Å². The first-order valence-electron chi connectivity index (χ1n) is 17.6. The topological polar surface area (TPSA) is 127 Å². The fraction of sp³-hybridized carbons (Fsp3) is 0.919. The van der Waals surface area contributed by atoms with E-state index >= 15 is 0 Å². The van der Waals surface area contributed by atoms with Gasteiger partial charge in [-0.3, -0.25) is 4.79 Å². The van der Waals surface area contributed by atoms with Crippen LogP contribution in [0.2, 0.25) is 0 Å². The molecular formula is C37H60O7. The van der Waals surface area contributed by atoms with E-state index in [4.69, 9.17) is 4.74 Å². The van der Waals surface area contributed by atoms with Crippen LogP contribution >= 0.6 is 0 Å². The normalized spacial score (nSPS) is 52.9. The molecule has 6 rings (SSSR count). The number of aliphatic hydroxyl groups is 4. The summed E-state index contributed by atoms with van der Waals surface area (Å²) in [5, 5.41) is 52.0. The highest BCUT2D eigenvalue weighted by molar-refractivity contribution is 5.76. The lowest BCUT2D eigenvalue weighted by atomic mass is 9.33. The Bertz CT molecular complexity index is 1180. The van der Waals surface area contributed by atoms with Crippen LogP contribution in [-0.4, -0.2) is 68.6 Å². The number of carboxylic acids is 1. The Morgan fingerprint density at radius 2 is 1.50 bits per heavy atom. The van der Waals surface area contributed by atoms with E-state index in [0.29, 0.717) is 18.3 Å². The maximum Gasteiger partial charge on any atom is 0.310 e. The molecule has 0 spiro atoms. The molecule has 0 bridgehead atoms. The van der Waals surface area contributed by atoms with Crippen LogP contribution in [0.15, 0.2) is 11.6 Å². The van der Waals surface area contributed by atoms with Gasteiger partial charge in [0.1, 0.15) is 24.4 Å². The van der Waals surface area contributed by atoms with Crippen molar-refractivity contribution in [1.82, 2.24) is 0 Å². The first kappa shape index (κ1) is 32.9. The van der Waals surface area contributed by atoms with Crippen molar-refractivity contribution < 1.29 is 35.1 Å². The molecule has 5 N–H and O–H groups in total. The van der Waals surface area contributed by atoms with E-state index in [-0.39, 0.29) is 38.9 Å². The monoisotopic (exact) mass is 616 g/mol. The average Bonchev–Trinajstić information content (AvgIpc) is 2.94. The Kier molecular flexibility index (Phi) is 7.86. The number of ether oxygens (including phenoxy) is 1. The van der Waals surface area contributed by atoms with E-state index in [2.05, 4.69) is 54.5 Å². The minimum atomic E-state index is -1.33. The number of aliphatic carboxylic acids is 1. The third-order valence-corrected chi connectivity index (χ3v) is 15.8. The lowest BCUT2D eigenvalue weighted by Gasteiger charge is -2.71. The highest BCUT2D eigenvalue weighted by Crippen LogP contribution is 2.76. The summed E-state index contributed by atoms with van der Waals surface area (Å²) in [5.74, 6) is 0.835. The molecule has 0 radical (unpaired) electrons.